The van der Waals surface area contributed by atoms with Crippen molar-refractivity contribution in [3.05, 3.63) is 83.9 Å². The van der Waals surface area contributed by atoms with E-state index in [-0.39, 0.29) is 36.0 Å². The van der Waals surface area contributed by atoms with Crippen LogP contribution in [0.3, 0.4) is 0 Å². The minimum absolute atomic E-state index is 0.00137. The first-order chi connectivity index (χ1) is 19.7. The van der Waals surface area contributed by atoms with Gasteiger partial charge in [-0.15, -0.1) is 0 Å². The van der Waals surface area contributed by atoms with Crippen molar-refractivity contribution in [2.45, 2.75) is 56.7 Å². The van der Waals surface area contributed by atoms with Crippen molar-refractivity contribution in [3.63, 3.8) is 0 Å². The van der Waals surface area contributed by atoms with Gasteiger partial charge in [-0.05, 0) is 47.9 Å². The fourth-order valence-corrected chi connectivity index (χ4v) is 11.5. The average molecular weight is 571 g/mol. The third kappa shape index (κ3) is 4.31. The molecule has 7 nitrogen and oxygen atoms in total. The third-order valence-electron chi connectivity index (χ3n) is 9.57. The van der Waals surface area contributed by atoms with Gasteiger partial charge in [0.2, 0.25) is 5.91 Å². The smallest absolute Gasteiger partial charge is 0.264 e. The number of anilines is 2. The molecule has 214 valence electrons. The fraction of sp³-hybridized carbons (Fsp3) is 0.394. The highest BCUT2D eigenvalue weighted by atomic mass is 28.3. The number of β-lactam (4-membered cyclic amide) rings is 1. The molecule has 8 heteroatoms. The molecule has 2 saturated heterocycles. The quantitative estimate of drug-likeness (QED) is 0.317. The molecule has 0 unspecified atom stereocenters. The molecule has 0 radical (unpaired) electrons. The zero-order valence-electron chi connectivity index (χ0n) is 24.2. The second kappa shape index (κ2) is 10.4. The Balaban J connectivity index is 1.38. The Morgan fingerprint density at radius 2 is 1.80 bits per heavy atom. The second-order valence-electron chi connectivity index (χ2n) is 12.0. The summed E-state index contributed by atoms with van der Waals surface area (Å²) in [5, 5.41) is 11.4. The van der Waals surface area contributed by atoms with Crippen molar-refractivity contribution in [1.29, 1.82) is 0 Å². The van der Waals surface area contributed by atoms with Gasteiger partial charge in [0.05, 0.1) is 33.5 Å². The zero-order chi connectivity index (χ0) is 28.9. The van der Waals surface area contributed by atoms with Gasteiger partial charge in [-0.1, -0.05) is 67.7 Å². The standard InChI is InChI=1S/C33H38N2O5Si/c1-22-31(41(3,4)26-14-12-25(39-2)13-15-26)29(17-19-36)40-33(22)27-10-5-6-11-28(27)35(32(33)38)21-23-8-7-9-24(20-23)34-18-16-30(34)37/h5-15,20,22,29,31,36H,16-19,21H2,1-4H3/t22-,29+,31-,33+/m1/s1. The van der Waals surface area contributed by atoms with Gasteiger partial charge >= 0.3 is 0 Å². The van der Waals surface area contributed by atoms with Crippen LogP contribution in [-0.2, 0) is 26.5 Å². The number of ether oxygens (including phenoxy) is 2. The Hall–Kier alpha value is -3.46. The van der Waals surface area contributed by atoms with Crippen molar-refractivity contribution in [3.8, 4) is 5.75 Å². The molecule has 3 aromatic carbocycles. The van der Waals surface area contributed by atoms with Crippen molar-refractivity contribution in [1.82, 2.24) is 0 Å². The summed E-state index contributed by atoms with van der Waals surface area (Å²) in [6.45, 7) is 7.96. The summed E-state index contributed by atoms with van der Waals surface area (Å²) in [5.74, 6) is 0.783. The molecular weight excluding hydrogens is 532 g/mol. The number of para-hydroxylation sites is 1. The lowest BCUT2D eigenvalue weighted by molar-refractivity contribution is -0.146. The topological polar surface area (TPSA) is 79.3 Å². The average Bonchev–Trinajstić information content (AvgIpc) is 3.39. The maximum atomic E-state index is 14.7. The number of rotatable bonds is 8. The Bertz CT molecular complexity index is 1470. The molecule has 0 aromatic heterocycles. The highest BCUT2D eigenvalue weighted by Crippen LogP contribution is 2.60. The number of fused-ring (bicyclic) bond motifs is 2. The van der Waals surface area contributed by atoms with Gasteiger partial charge in [-0.3, -0.25) is 9.59 Å². The van der Waals surface area contributed by atoms with Gasteiger partial charge in [0.25, 0.3) is 5.91 Å². The van der Waals surface area contributed by atoms with Crippen LogP contribution in [0, 0.1) is 5.92 Å². The molecule has 3 aliphatic heterocycles. The van der Waals surface area contributed by atoms with E-state index in [4.69, 9.17) is 9.47 Å². The molecule has 3 aliphatic rings. The van der Waals surface area contributed by atoms with E-state index < -0.39 is 13.7 Å². The zero-order valence-corrected chi connectivity index (χ0v) is 25.2. The minimum atomic E-state index is -2.21. The molecule has 0 bridgehead atoms. The van der Waals surface area contributed by atoms with Crippen LogP contribution in [0.1, 0.15) is 30.9 Å². The van der Waals surface area contributed by atoms with Crippen LogP contribution in [0.4, 0.5) is 11.4 Å². The Morgan fingerprint density at radius 3 is 2.46 bits per heavy atom. The number of benzene rings is 3. The SMILES string of the molecule is COc1ccc([Si](C)(C)[C@H]2[C@H](CCO)O[C@@]3(C(=O)N(Cc4cccc(N5CCC5=O)c4)c4ccccc43)[C@@H]2C)cc1. The summed E-state index contributed by atoms with van der Waals surface area (Å²) in [7, 11) is -0.542. The van der Waals surface area contributed by atoms with Crippen LogP contribution < -0.4 is 19.7 Å². The largest absolute Gasteiger partial charge is 0.497 e. The lowest BCUT2D eigenvalue weighted by Crippen LogP contribution is -2.51. The van der Waals surface area contributed by atoms with Gasteiger partial charge < -0.3 is 24.4 Å². The first kappa shape index (κ1) is 27.7. The van der Waals surface area contributed by atoms with Gasteiger partial charge in [-0.2, -0.15) is 0 Å². The fourth-order valence-electron chi connectivity index (χ4n) is 7.42. The number of carbonyl (C=O) groups is 2. The minimum Gasteiger partial charge on any atom is -0.497 e. The van der Waals surface area contributed by atoms with E-state index in [0.29, 0.717) is 19.4 Å². The number of aliphatic hydroxyl groups excluding tert-OH is 1. The highest BCUT2D eigenvalue weighted by molar-refractivity contribution is 6.91. The summed E-state index contributed by atoms with van der Waals surface area (Å²) in [6, 6.07) is 24.2. The summed E-state index contributed by atoms with van der Waals surface area (Å²) >= 11 is 0. The number of aliphatic hydroxyl groups is 1. The molecule has 4 atom stereocenters. The van der Waals surface area contributed by atoms with Crippen LogP contribution in [0.15, 0.2) is 72.8 Å². The first-order valence-corrected chi connectivity index (χ1v) is 17.5. The van der Waals surface area contributed by atoms with Crippen molar-refractivity contribution in [2.75, 3.05) is 30.1 Å². The summed E-state index contributed by atoms with van der Waals surface area (Å²) in [5.41, 5.74) is 2.57. The predicted octanol–water partition coefficient (Wildman–Crippen LogP) is 4.58. The van der Waals surface area contributed by atoms with Crippen LogP contribution in [-0.4, -0.2) is 51.4 Å². The van der Waals surface area contributed by atoms with Crippen LogP contribution in [0.5, 0.6) is 5.75 Å². The Morgan fingerprint density at radius 1 is 1.05 bits per heavy atom. The van der Waals surface area contributed by atoms with Crippen molar-refractivity contribution < 1.29 is 24.2 Å². The number of carbonyl (C=O) groups excluding carboxylic acids is 2. The molecule has 0 saturated carbocycles. The van der Waals surface area contributed by atoms with E-state index in [2.05, 4.69) is 32.2 Å². The summed E-state index contributed by atoms with van der Waals surface area (Å²) < 4.78 is 12.3. The predicted molar refractivity (Wildman–Crippen MR) is 162 cm³/mol. The normalized spacial score (nSPS) is 25.5. The highest BCUT2D eigenvalue weighted by Gasteiger charge is 2.66. The van der Waals surface area contributed by atoms with E-state index in [0.717, 1.165) is 34.8 Å². The van der Waals surface area contributed by atoms with E-state index in [1.165, 1.54) is 5.19 Å². The maximum absolute atomic E-state index is 14.7. The Labute approximate surface area is 242 Å². The monoisotopic (exact) mass is 570 g/mol. The molecule has 41 heavy (non-hydrogen) atoms. The van der Waals surface area contributed by atoms with Crippen LogP contribution >= 0.6 is 0 Å². The molecular formula is C33H38N2O5Si. The third-order valence-corrected chi connectivity index (χ3v) is 13.9. The molecule has 0 aliphatic carbocycles. The molecule has 3 heterocycles. The number of hydrogen-bond acceptors (Lipinski definition) is 5. The maximum Gasteiger partial charge on any atom is 0.264 e. The second-order valence-corrected chi connectivity index (χ2v) is 16.7. The lowest BCUT2D eigenvalue weighted by Gasteiger charge is -2.37. The number of nitrogens with zero attached hydrogens (tertiary/aromatic N) is 2. The van der Waals surface area contributed by atoms with Crippen LogP contribution in [0.25, 0.3) is 0 Å². The molecule has 3 aromatic rings. The number of amides is 2. The van der Waals surface area contributed by atoms with Gasteiger partial charge in [-0.25, -0.2) is 0 Å². The molecule has 1 N–H and O–H groups in total. The summed E-state index contributed by atoms with van der Waals surface area (Å²) in [6.07, 6.45) is 0.799. The van der Waals surface area contributed by atoms with Crippen molar-refractivity contribution in [2.24, 2.45) is 5.92 Å². The van der Waals surface area contributed by atoms with Gasteiger partial charge in [0.15, 0.2) is 5.60 Å². The van der Waals surface area contributed by atoms with Crippen LogP contribution in [0.2, 0.25) is 18.6 Å². The molecule has 2 amide bonds. The van der Waals surface area contributed by atoms with E-state index in [1.54, 1.807) is 12.0 Å². The number of methoxy groups -OCH3 is 1. The van der Waals surface area contributed by atoms with Gasteiger partial charge in [0.1, 0.15) is 5.75 Å². The Kier molecular flexibility index (Phi) is 7.04. The summed E-state index contributed by atoms with van der Waals surface area (Å²) in [4.78, 5) is 30.3. The lowest BCUT2D eigenvalue weighted by atomic mass is 9.82. The van der Waals surface area contributed by atoms with E-state index in [1.807, 2.05) is 65.6 Å². The van der Waals surface area contributed by atoms with E-state index >= 15 is 0 Å². The molecule has 6 rings (SSSR count). The number of hydrogen-bond donors (Lipinski definition) is 1. The van der Waals surface area contributed by atoms with E-state index in [9.17, 15) is 14.7 Å². The van der Waals surface area contributed by atoms with Crippen molar-refractivity contribution >= 4 is 36.4 Å². The molecule has 1 spiro atoms. The first-order valence-electron chi connectivity index (χ1n) is 14.5. The molecule has 2 fully saturated rings. The van der Waals surface area contributed by atoms with Gasteiger partial charge in [0, 0.05) is 36.7 Å².